The van der Waals surface area contributed by atoms with Crippen LogP contribution in [0.25, 0.3) is 22.3 Å². The van der Waals surface area contributed by atoms with E-state index in [1.807, 2.05) is 7.11 Å². The second-order valence-corrected chi connectivity index (χ2v) is 18.2. The lowest BCUT2D eigenvalue weighted by atomic mass is 9.75. The first-order valence-electron chi connectivity index (χ1n) is 15.3. The van der Waals surface area contributed by atoms with Gasteiger partial charge in [0.25, 0.3) is 0 Å². The van der Waals surface area contributed by atoms with Crippen LogP contribution in [0.3, 0.4) is 0 Å². The molecule has 0 atom stereocenters. The Morgan fingerprint density at radius 2 is 1.12 bits per heavy atom. The normalized spacial score (nSPS) is 12.7. The number of benzene rings is 3. The first kappa shape index (κ1) is 33.2. The van der Waals surface area contributed by atoms with E-state index in [1.165, 1.54) is 49.8 Å². The quantitative estimate of drug-likeness (QED) is 0.249. The van der Waals surface area contributed by atoms with Crippen molar-refractivity contribution in [2.45, 2.75) is 118 Å². The van der Waals surface area contributed by atoms with Crippen molar-refractivity contribution in [1.82, 2.24) is 0 Å². The van der Waals surface area contributed by atoms with Crippen molar-refractivity contribution in [3.8, 4) is 33.8 Å². The average molecular weight is 575 g/mol. The smallest absolute Gasteiger partial charge is 0.127 e. The van der Waals surface area contributed by atoms with Gasteiger partial charge in [0.05, 0.1) is 14.2 Å². The third-order valence-electron chi connectivity index (χ3n) is 8.01. The molecule has 0 amide bonds. The highest BCUT2D eigenvalue weighted by molar-refractivity contribution is 7.69. The van der Waals surface area contributed by atoms with Crippen molar-refractivity contribution in [1.29, 1.82) is 0 Å². The van der Waals surface area contributed by atoms with Gasteiger partial charge in [0.2, 0.25) is 0 Å². The standard InChI is InChI=1S/C38H55O2P/c1-23(2)29-22-30(24(3)4)35(32(25(5)6)34(29)27-17-19-28(39-14)20-18-27)33-26(7)16-21-31(40-15)36(33)41(37(8,9)10)38(11,12)13/h16-25H,1-15H3. The number of methoxy groups -OCH3 is 2. The van der Waals surface area contributed by atoms with Crippen molar-refractivity contribution >= 4 is 13.2 Å². The molecule has 0 aromatic heterocycles. The lowest BCUT2D eigenvalue weighted by molar-refractivity contribution is 0.415. The molecule has 224 valence electrons. The van der Waals surface area contributed by atoms with Crippen LogP contribution in [0.15, 0.2) is 42.5 Å². The average Bonchev–Trinajstić information content (AvgIpc) is 2.86. The molecule has 0 radical (unpaired) electrons. The van der Waals surface area contributed by atoms with Gasteiger partial charge in [-0.3, -0.25) is 0 Å². The molecule has 3 aromatic rings. The SMILES string of the molecule is COc1ccc(-c2c(C(C)C)cc(C(C)C)c(-c3c(C)ccc(OC)c3P(C(C)(C)C)C(C)(C)C)c2C(C)C)cc1. The lowest BCUT2D eigenvalue weighted by Crippen LogP contribution is -2.33. The fourth-order valence-corrected chi connectivity index (χ4v) is 10.9. The lowest BCUT2D eigenvalue weighted by Gasteiger charge is -2.44. The predicted molar refractivity (Wildman–Crippen MR) is 183 cm³/mol. The molecule has 3 rings (SSSR count). The number of hydrogen-bond donors (Lipinski definition) is 0. The Hall–Kier alpha value is -2.31. The molecule has 0 saturated carbocycles. The van der Waals surface area contributed by atoms with Crippen LogP contribution in [0.1, 0.15) is 123 Å². The van der Waals surface area contributed by atoms with Crippen LogP contribution in [-0.2, 0) is 0 Å². The van der Waals surface area contributed by atoms with E-state index in [9.17, 15) is 0 Å². The van der Waals surface area contributed by atoms with Crippen LogP contribution in [0.2, 0.25) is 0 Å². The van der Waals surface area contributed by atoms with Gasteiger partial charge in [-0.05, 0) is 97.7 Å². The summed E-state index contributed by atoms with van der Waals surface area (Å²) in [5, 5.41) is 1.59. The van der Waals surface area contributed by atoms with Crippen molar-refractivity contribution in [3.63, 3.8) is 0 Å². The number of ether oxygens (including phenoxy) is 2. The Kier molecular flexibility index (Phi) is 10.1. The number of aryl methyl sites for hydroxylation is 1. The monoisotopic (exact) mass is 574 g/mol. The van der Waals surface area contributed by atoms with E-state index >= 15 is 0 Å². The summed E-state index contributed by atoms with van der Waals surface area (Å²) in [7, 11) is 2.96. The van der Waals surface area contributed by atoms with Crippen LogP contribution in [-0.4, -0.2) is 24.5 Å². The van der Waals surface area contributed by atoms with Crippen molar-refractivity contribution < 1.29 is 9.47 Å². The van der Waals surface area contributed by atoms with Gasteiger partial charge in [-0.25, -0.2) is 0 Å². The minimum atomic E-state index is -0.621. The second kappa shape index (κ2) is 12.5. The van der Waals surface area contributed by atoms with Crippen molar-refractivity contribution in [2.75, 3.05) is 14.2 Å². The fraction of sp³-hybridized carbons (Fsp3) is 0.526. The van der Waals surface area contributed by atoms with E-state index in [0.717, 1.165) is 11.5 Å². The summed E-state index contributed by atoms with van der Waals surface area (Å²) in [5.74, 6) is 3.00. The Balaban J connectivity index is 2.70. The highest BCUT2D eigenvalue weighted by Crippen LogP contribution is 2.62. The van der Waals surface area contributed by atoms with E-state index < -0.39 is 7.92 Å². The van der Waals surface area contributed by atoms with Crippen LogP contribution >= 0.6 is 7.92 Å². The molecule has 3 aromatic carbocycles. The first-order chi connectivity index (χ1) is 18.9. The zero-order chi connectivity index (χ0) is 31.0. The Labute approximate surface area is 253 Å². The summed E-state index contributed by atoms with van der Waals surface area (Å²) in [4.78, 5) is 0. The molecule has 0 saturated heterocycles. The van der Waals surface area contributed by atoms with E-state index in [0.29, 0.717) is 17.8 Å². The molecule has 0 unspecified atom stereocenters. The molecule has 0 bridgehead atoms. The molecule has 0 aliphatic carbocycles. The van der Waals surface area contributed by atoms with Crippen LogP contribution in [0.5, 0.6) is 11.5 Å². The molecule has 0 spiro atoms. The Morgan fingerprint density at radius 3 is 1.54 bits per heavy atom. The predicted octanol–water partition coefficient (Wildman–Crippen LogP) is 11.4. The van der Waals surface area contributed by atoms with Gasteiger partial charge < -0.3 is 9.47 Å². The molecule has 0 fully saturated rings. The van der Waals surface area contributed by atoms with E-state index in [1.54, 1.807) is 7.11 Å². The van der Waals surface area contributed by atoms with Crippen molar-refractivity contribution in [3.05, 3.63) is 64.7 Å². The minimum Gasteiger partial charge on any atom is -0.497 e. The third kappa shape index (κ3) is 6.69. The summed E-state index contributed by atoms with van der Waals surface area (Å²) in [6.07, 6.45) is 0. The van der Waals surface area contributed by atoms with E-state index in [-0.39, 0.29) is 10.3 Å². The zero-order valence-electron chi connectivity index (χ0n) is 28.5. The zero-order valence-corrected chi connectivity index (χ0v) is 29.4. The molecule has 0 aliphatic rings. The second-order valence-electron chi connectivity index (χ2n) is 14.4. The number of rotatable bonds is 8. The maximum Gasteiger partial charge on any atom is 0.127 e. The maximum atomic E-state index is 6.24. The Morgan fingerprint density at radius 1 is 0.610 bits per heavy atom. The topological polar surface area (TPSA) is 18.5 Å². The van der Waals surface area contributed by atoms with Crippen molar-refractivity contribution in [2.24, 2.45) is 0 Å². The summed E-state index contributed by atoms with van der Waals surface area (Å²) < 4.78 is 11.8. The molecular weight excluding hydrogens is 519 g/mol. The molecule has 0 heterocycles. The first-order valence-corrected chi connectivity index (χ1v) is 16.6. The summed E-state index contributed by atoms with van der Waals surface area (Å²) in [6.45, 7) is 30.9. The highest BCUT2D eigenvalue weighted by Gasteiger charge is 2.40. The molecule has 0 N–H and O–H groups in total. The van der Waals surface area contributed by atoms with Crippen LogP contribution < -0.4 is 14.8 Å². The largest absolute Gasteiger partial charge is 0.497 e. The van der Waals surface area contributed by atoms with Gasteiger partial charge in [0.1, 0.15) is 11.5 Å². The molecule has 2 nitrogen and oxygen atoms in total. The summed E-state index contributed by atoms with van der Waals surface area (Å²) in [6, 6.07) is 15.7. The molecule has 0 aliphatic heterocycles. The van der Waals surface area contributed by atoms with Gasteiger partial charge in [-0.2, -0.15) is 0 Å². The minimum absolute atomic E-state index is 0.0933. The maximum absolute atomic E-state index is 6.24. The third-order valence-corrected chi connectivity index (χ3v) is 11.6. The van der Waals surface area contributed by atoms with Crippen LogP contribution in [0, 0.1) is 6.92 Å². The molecular formula is C38H55O2P. The van der Waals surface area contributed by atoms with Crippen LogP contribution in [0.4, 0.5) is 0 Å². The number of hydrogen-bond acceptors (Lipinski definition) is 2. The molecule has 41 heavy (non-hydrogen) atoms. The van der Waals surface area contributed by atoms with Gasteiger partial charge in [-0.1, -0.05) is 115 Å². The Bertz CT molecular complexity index is 1340. The summed E-state index contributed by atoms with van der Waals surface area (Å²) >= 11 is 0. The van der Waals surface area contributed by atoms with Gasteiger partial charge in [0, 0.05) is 5.30 Å². The van der Waals surface area contributed by atoms with Gasteiger partial charge in [0.15, 0.2) is 0 Å². The fourth-order valence-electron chi connectivity index (χ4n) is 6.65. The summed E-state index contributed by atoms with van der Waals surface area (Å²) in [5.41, 5.74) is 11.1. The highest BCUT2D eigenvalue weighted by atomic mass is 31.1. The van der Waals surface area contributed by atoms with E-state index in [4.69, 9.17) is 9.47 Å². The molecule has 3 heteroatoms. The van der Waals surface area contributed by atoms with Gasteiger partial charge in [-0.15, -0.1) is 0 Å². The van der Waals surface area contributed by atoms with Gasteiger partial charge >= 0.3 is 0 Å². The van der Waals surface area contributed by atoms with E-state index in [2.05, 4.69) is 132 Å².